The number of urea groups is 1. The molecule has 0 bridgehead atoms. The van der Waals surface area contributed by atoms with Gasteiger partial charge in [0, 0.05) is 0 Å². The highest BCUT2D eigenvalue weighted by molar-refractivity contribution is 5.74. The summed E-state index contributed by atoms with van der Waals surface area (Å²) in [4.78, 5) is 10.4. The highest BCUT2D eigenvalue weighted by atomic mass is 16.2. The molecular formula is C4H6N4O. The largest absolute Gasteiger partial charge is 0.376 e. The zero-order valence-corrected chi connectivity index (χ0v) is 4.74. The second-order valence-electron chi connectivity index (χ2n) is 1.68. The van der Waals surface area contributed by atoms with Crippen LogP contribution >= 0.6 is 0 Å². The van der Waals surface area contributed by atoms with Crippen molar-refractivity contribution in [2.24, 2.45) is 16.1 Å². The molecule has 0 aromatic heterocycles. The van der Waals surface area contributed by atoms with E-state index in [2.05, 4.69) is 16.8 Å². The minimum Gasteiger partial charge on any atom is -0.253 e. The van der Waals surface area contributed by atoms with Crippen LogP contribution in [0.25, 0.3) is 0 Å². The Balaban J connectivity index is 2.76. The Morgan fingerprint density at radius 2 is 2.33 bits per heavy atom. The molecule has 0 radical (unpaired) electrons. The quantitative estimate of drug-likeness (QED) is 0.373. The minimum absolute atomic E-state index is 0.266. The summed E-state index contributed by atoms with van der Waals surface area (Å²) in [5.74, 6) is 5.14. The van der Waals surface area contributed by atoms with E-state index in [4.69, 9.17) is 5.84 Å². The van der Waals surface area contributed by atoms with Gasteiger partial charge >= 0.3 is 6.03 Å². The summed E-state index contributed by atoms with van der Waals surface area (Å²) in [6, 6.07) is -0.526. The van der Waals surface area contributed by atoms with Crippen molar-refractivity contribution in [1.82, 2.24) is 5.01 Å². The van der Waals surface area contributed by atoms with Crippen molar-refractivity contribution in [2.45, 2.75) is 0 Å². The maximum absolute atomic E-state index is 10.4. The van der Waals surface area contributed by atoms with Gasteiger partial charge in [-0.1, -0.05) is 11.7 Å². The molecule has 0 atom stereocenters. The molecule has 0 saturated carbocycles. The van der Waals surface area contributed by atoms with Gasteiger partial charge in [-0.15, -0.1) is 5.11 Å². The van der Waals surface area contributed by atoms with Gasteiger partial charge in [0.1, 0.15) is 0 Å². The first-order valence-corrected chi connectivity index (χ1v) is 2.36. The molecular weight excluding hydrogens is 120 g/mol. The number of hydrogen-bond donors (Lipinski definition) is 1. The van der Waals surface area contributed by atoms with E-state index >= 15 is 0 Å². The van der Waals surface area contributed by atoms with E-state index in [0.717, 1.165) is 5.01 Å². The first-order valence-electron chi connectivity index (χ1n) is 2.36. The molecule has 0 aromatic carbocycles. The normalized spacial score (nSPS) is 19.0. The van der Waals surface area contributed by atoms with Crippen LogP contribution in [0, 0.1) is 0 Å². The van der Waals surface area contributed by atoms with E-state index in [1.807, 2.05) is 0 Å². The summed E-state index contributed by atoms with van der Waals surface area (Å²) in [7, 11) is 0. The fourth-order valence-electron chi connectivity index (χ4n) is 0.467. The summed E-state index contributed by atoms with van der Waals surface area (Å²) < 4.78 is 0. The molecule has 9 heavy (non-hydrogen) atoms. The van der Waals surface area contributed by atoms with Gasteiger partial charge in [0.05, 0.1) is 12.2 Å². The third-order valence-corrected chi connectivity index (χ3v) is 0.876. The molecule has 0 saturated heterocycles. The summed E-state index contributed by atoms with van der Waals surface area (Å²) in [5, 5.41) is 7.55. The van der Waals surface area contributed by atoms with Crippen LogP contribution in [0.4, 0.5) is 4.79 Å². The number of hydrogen-bond acceptors (Lipinski definition) is 3. The number of hydrazine groups is 1. The number of rotatable bonds is 0. The predicted molar refractivity (Wildman–Crippen MR) is 30.3 cm³/mol. The summed E-state index contributed by atoms with van der Waals surface area (Å²) in [6.07, 6.45) is 0. The van der Waals surface area contributed by atoms with Crippen LogP contribution in [0.1, 0.15) is 0 Å². The average molecular weight is 126 g/mol. The Hall–Kier alpha value is -1.23. The predicted octanol–water partition coefficient (Wildman–Crippen LogP) is 0.262. The van der Waals surface area contributed by atoms with Gasteiger partial charge in [0.2, 0.25) is 0 Å². The van der Waals surface area contributed by atoms with Crippen LogP contribution in [0.5, 0.6) is 0 Å². The zero-order valence-electron chi connectivity index (χ0n) is 4.74. The lowest BCUT2D eigenvalue weighted by molar-refractivity contribution is 0.207. The Bertz CT molecular complexity index is 185. The number of carbonyl (C=O) groups is 1. The lowest BCUT2D eigenvalue weighted by atomic mass is 10.5. The monoisotopic (exact) mass is 126 g/mol. The summed E-state index contributed by atoms with van der Waals surface area (Å²) >= 11 is 0. The van der Waals surface area contributed by atoms with Crippen molar-refractivity contribution in [3.05, 3.63) is 12.3 Å². The molecule has 48 valence electrons. The molecule has 5 nitrogen and oxygen atoms in total. The molecule has 0 fully saturated rings. The van der Waals surface area contributed by atoms with E-state index in [-0.39, 0.29) is 6.54 Å². The Kier molecular flexibility index (Phi) is 1.27. The van der Waals surface area contributed by atoms with Crippen LogP contribution in [-0.4, -0.2) is 17.6 Å². The second kappa shape index (κ2) is 1.94. The molecule has 1 aliphatic heterocycles. The van der Waals surface area contributed by atoms with Gasteiger partial charge in [-0.05, 0) is 0 Å². The molecule has 1 rings (SSSR count). The number of nitrogens with two attached hydrogens (primary N) is 1. The molecule has 2 N–H and O–H groups in total. The summed E-state index contributed by atoms with van der Waals surface area (Å²) in [5.41, 5.74) is 0.497. The first kappa shape index (κ1) is 5.90. The highest BCUT2D eigenvalue weighted by Crippen LogP contribution is 2.03. The van der Waals surface area contributed by atoms with E-state index < -0.39 is 6.03 Å². The molecule has 0 unspecified atom stereocenters. The first-order chi connectivity index (χ1) is 4.20. The average Bonchev–Trinajstić information content (AvgIpc) is 1.80. The number of nitrogens with zero attached hydrogens (tertiary/aromatic N) is 3. The summed E-state index contributed by atoms with van der Waals surface area (Å²) in [6.45, 7) is 3.73. The Morgan fingerprint density at radius 1 is 1.67 bits per heavy atom. The number of carbonyl (C=O) groups excluding carboxylic acids is 1. The fraction of sp³-hybridized carbons (Fsp3) is 0.250. The SMILES string of the molecule is C=C1CN(N)C(=O)N=N1. The van der Waals surface area contributed by atoms with Gasteiger partial charge in [-0.3, -0.25) is 5.01 Å². The highest BCUT2D eigenvalue weighted by Gasteiger charge is 2.13. The molecule has 1 aliphatic rings. The van der Waals surface area contributed by atoms with Crippen LogP contribution in [0.15, 0.2) is 22.5 Å². The third kappa shape index (κ3) is 1.11. The molecule has 0 spiro atoms. The van der Waals surface area contributed by atoms with Crippen LogP contribution in [0.3, 0.4) is 0 Å². The number of amides is 2. The smallest absolute Gasteiger partial charge is 0.253 e. The van der Waals surface area contributed by atoms with Crippen LogP contribution < -0.4 is 5.84 Å². The topological polar surface area (TPSA) is 71.0 Å². The van der Waals surface area contributed by atoms with Crippen molar-refractivity contribution in [2.75, 3.05) is 6.54 Å². The fourth-order valence-corrected chi connectivity index (χ4v) is 0.467. The van der Waals surface area contributed by atoms with E-state index in [1.165, 1.54) is 0 Å². The standard InChI is InChI=1S/C4H6N4O/c1-3-2-8(5)4(9)7-6-3/h1-2,5H2. The van der Waals surface area contributed by atoms with Crippen LogP contribution in [0.2, 0.25) is 0 Å². The van der Waals surface area contributed by atoms with Crippen molar-refractivity contribution >= 4 is 6.03 Å². The van der Waals surface area contributed by atoms with Gasteiger partial charge in [0.15, 0.2) is 0 Å². The lowest BCUT2D eigenvalue weighted by Crippen LogP contribution is -2.38. The molecule has 5 heteroatoms. The Labute approximate surface area is 51.8 Å². The van der Waals surface area contributed by atoms with Crippen LogP contribution in [-0.2, 0) is 0 Å². The van der Waals surface area contributed by atoms with Gasteiger partial charge < -0.3 is 0 Å². The molecule has 0 aromatic rings. The van der Waals surface area contributed by atoms with Crippen molar-refractivity contribution in [1.29, 1.82) is 0 Å². The van der Waals surface area contributed by atoms with Crippen molar-refractivity contribution in [3.63, 3.8) is 0 Å². The van der Waals surface area contributed by atoms with Gasteiger partial charge in [-0.2, -0.15) is 0 Å². The molecule has 1 heterocycles. The second-order valence-corrected chi connectivity index (χ2v) is 1.68. The lowest BCUT2D eigenvalue weighted by Gasteiger charge is -2.15. The minimum atomic E-state index is -0.526. The third-order valence-electron chi connectivity index (χ3n) is 0.876. The Morgan fingerprint density at radius 3 is 2.78 bits per heavy atom. The zero-order chi connectivity index (χ0) is 6.85. The van der Waals surface area contributed by atoms with E-state index in [0.29, 0.717) is 5.70 Å². The molecule has 2 amide bonds. The number of azo groups is 1. The van der Waals surface area contributed by atoms with E-state index in [9.17, 15) is 4.79 Å². The van der Waals surface area contributed by atoms with Gasteiger partial charge in [-0.25, -0.2) is 10.6 Å². The van der Waals surface area contributed by atoms with E-state index in [1.54, 1.807) is 0 Å². The van der Waals surface area contributed by atoms with Crippen molar-refractivity contribution < 1.29 is 4.79 Å². The molecule has 0 aliphatic carbocycles. The maximum Gasteiger partial charge on any atom is 0.376 e. The van der Waals surface area contributed by atoms with Crippen molar-refractivity contribution in [3.8, 4) is 0 Å². The van der Waals surface area contributed by atoms with Gasteiger partial charge in [0.25, 0.3) is 0 Å². The maximum atomic E-state index is 10.4.